The van der Waals surface area contributed by atoms with Gasteiger partial charge in [-0.2, -0.15) is 12.6 Å². The zero-order valence-corrected chi connectivity index (χ0v) is 11.1. The van der Waals surface area contributed by atoms with Crippen LogP contribution in [0.5, 0.6) is 0 Å². The molecule has 0 amide bonds. The van der Waals surface area contributed by atoms with Gasteiger partial charge in [0.25, 0.3) is 0 Å². The van der Waals surface area contributed by atoms with Crippen molar-refractivity contribution >= 4 is 24.4 Å². The minimum absolute atomic E-state index is 0.487. The molecule has 16 heavy (non-hydrogen) atoms. The Morgan fingerprint density at radius 3 is 2.44 bits per heavy atom. The Balaban J connectivity index is 2.57. The highest BCUT2D eigenvalue weighted by molar-refractivity contribution is 7.99. The number of thiol groups is 1. The molecular weight excluding hydrogens is 246 g/mol. The van der Waals surface area contributed by atoms with Crippen molar-refractivity contribution < 1.29 is 8.78 Å². The van der Waals surface area contributed by atoms with E-state index >= 15 is 0 Å². The van der Waals surface area contributed by atoms with Crippen molar-refractivity contribution in [3.8, 4) is 0 Å². The number of benzene rings is 1. The van der Waals surface area contributed by atoms with E-state index in [1.807, 2.05) is 0 Å². The van der Waals surface area contributed by atoms with Crippen molar-refractivity contribution in [3.05, 3.63) is 29.8 Å². The predicted octanol–water partition coefficient (Wildman–Crippen LogP) is 4.26. The van der Waals surface area contributed by atoms with Gasteiger partial charge in [0.1, 0.15) is 0 Å². The zero-order chi connectivity index (χ0) is 12.1. The van der Waals surface area contributed by atoms with Gasteiger partial charge in [0.05, 0.1) is 0 Å². The maximum absolute atomic E-state index is 12.9. The third-order valence-corrected chi connectivity index (χ3v) is 4.18. The van der Waals surface area contributed by atoms with Crippen molar-refractivity contribution in [3.63, 3.8) is 0 Å². The second-order valence-corrected chi connectivity index (χ2v) is 5.53. The van der Waals surface area contributed by atoms with Gasteiger partial charge in [-0.25, -0.2) is 8.78 Å². The number of hydrogen-bond acceptors (Lipinski definition) is 2. The fraction of sp³-hybridized carbons (Fsp3) is 0.500. The van der Waals surface area contributed by atoms with Crippen molar-refractivity contribution in [2.45, 2.75) is 18.7 Å². The molecule has 1 atom stereocenters. The summed E-state index contributed by atoms with van der Waals surface area (Å²) in [7, 11) is 0. The van der Waals surface area contributed by atoms with Crippen molar-refractivity contribution in [1.29, 1.82) is 0 Å². The molecule has 0 fully saturated rings. The topological polar surface area (TPSA) is 0 Å². The lowest BCUT2D eigenvalue weighted by molar-refractivity contribution is 0.473. The van der Waals surface area contributed by atoms with Gasteiger partial charge < -0.3 is 0 Å². The molecule has 0 N–H and O–H groups in total. The Bertz CT molecular complexity index is 340. The molecule has 0 aromatic heterocycles. The lowest BCUT2D eigenvalue weighted by Crippen LogP contribution is -2.13. The van der Waals surface area contributed by atoms with Crippen LogP contribution in [0.15, 0.2) is 23.1 Å². The van der Waals surface area contributed by atoms with E-state index in [2.05, 4.69) is 26.5 Å². The highest BCUT2D eigenvalue weighted by Gasteiger charge is 2.12. The molecule has 0 heterocycles. The third kappa shape index (κ3) is 3.98. The van der Waals surface area contributed by atoms with Crippen LogP contribution in [0.2, 0.25) is 0 Å². The molecule has 0 bridgehead atoms. The Labute approximate surface area is 105 Å². The van der Waals surface area contributed by atoms with E-state index in [9.17, 15) is 8.78 Å². The van der Waals surface area contributed by atoms with Gasteiger partial charge in [-0.05, 0) is 35.8 Å². The van der Waals surface area contributed by atoms with Gasteiger partial charge in [0, 0.05) is 10.6 Å². The fourth-order valence-corrected chi connectivity index (χ4v) is 3.21. The van der Waals surface area contributed by atoms with Crippen molar-refractivity contribution in [2.24, 2.45) is 11.8 Å². The van der Waals surface area contributed by atoms with Crippen LogP contribution in [0, 0.1) is 23.5 Å². The van der Waals surface area contributed by atoms with Crippen LogP contribution in [0.3, 0.4) is 0 Å². The minimum atomic E-state index is -0.793. The summed E-state index contributed by atoms with van der Waals surface area (Å²) >= 11 is 5.84. The van der Waals surface area contributed by atoms with Crippen LogP contribution >= 0.6 is 24.4 Å². The third-order valence-electron chi connectivity index (χ3n) is 2.53. The minimum Gasteiger partial charge on any atom is -0.204 e. The SMILES string of the molecule is CC(C)C(CS)CSc1ccc(F)c(F)c1. The summed E-state index contributed by atoms with van der Waals surface area (Å²) < 4.78 is 25.6. The molecule has 1 aromatic carbocycles. The molecule has 90 valence electrons. The van der Waals surface area contributed by atoms with Gasteiger partial charge in [-0.1, -0.05) is 13.8 Å². The number of halogens is 2. The van der Waals surface area contributed by atoms with Crippen LogP contribution in [0.25, 0.3) is 0 Å². The van der Waals surface area contributed by atoms with E-state index in [0.29, 0.717) is 11.8 Å². The van der Waals surface area contributed by atoms with E-state index in [4.69, 9.17) is 0 Å². The second kappa shape index (κ2) is 6.50. The number of rotatable bonds is 5. The molecule has 1 unspecified atom stereocenters. The molecule has 4 heteroatoms. The Hall–Kier alpha value is -0.220. The lowest BCUT2D eigenvalue weighted by Gasteiger charge is -2.17. The number of thioether (sulfide) groups is 1. The molecule has 0 aliphatic rings. The maximum Gasteiger partial charge on any atom is 0.159 e. The first kappa shape index (κ1) is 13.8. The first-order valence-electron chi connectivity index (χ1n) is 5.23. The lowest BCUT2D eigenvalue weighted by atomic mass is 10.0. The van der Waals surface area contributed by atoms with Gasteiger partial charge in [-0.3, -0.25) is 0 Å². The molecule has 0 radical (unpaired) electrons. The fourth-order valence-electron chi connectivity index (χ4n) is 1.23. The first-order valence-corrected chi connectivity index (χ1v) is 6.85. The van der Waals surface area contributed by atoms with Crippen LogP contribution < -0.4 is 0 Å². The monoisotopic (exact) mass is 262 g/mol. The average Bonchev–Trinajstić information content (AvgIpc) is 2.23. The van der Waals surface area contributed by atoms with Crippen LogP contribution in [-0.4, -0.2) is 11.5 Å². The molecule has 0 aliphatic heterocycles. The quantitative estimate of drug-likeness (QED) is 0.611. The number of hydrogen-bond donors (Lipinski definition) is 1. The average molecular weight is 262 g/mol. The Kier molecular flexibility index (Phi) is 5.62. The summed E-state index contributed by atoms with van der Waals surface area (Å²) in [4.78, 5) is 0.770. The largest absolute Gasteiger partial charge is 0.204 e. The highest BCUT2D eigenvalue weighted by Crippen LogP contribution is 2.26. The van der Waals surface area contributed by atoms with E-state index in [-0.39, 0.29) is 0 Å². The molecular formula is C12H16F2S2. The summed E-state index contributed by atoms with van der Waals surface area (Å²) in [5.74, 6) is 1.16. The van der Waals surface area contributed by atoms with Gasteiger partial charge in [0.15, 0.2) is 11.6 Å². The first-order chi connectivity index (χ1) is 7.54. The molecule has 0 saturated heterocycles. The predicted molar refractivity (Wildman–Crippen MR) is 69.3 cm³/mol. The summed E-state index contributed by atoms with van der Waals surface area (Å²) in [6, 6.07) is 4.03. The summed E-state index contributed by atoms with van der Waals surface area (Å²) in [6.45, 7) is 4.29. The van der Waals surface area contributed by atoms with E-state index in [0.717, 1.165) is 16.4 Å². The summed E-state index contributed by atoms with van der Waals surface area (Å²) in [5.41, 5.74) is 0. The maximum atomic E-state index is 12.9. The molecule has 1 aromatic rings. The Morgan fingerprint density at radius 2 is 1.94 bits per heavy atom. The van der Waals surface area contributed by atoms with Gasteiger partial charge in [0.2, 0.25) is 0 Å². The van der Waals surface area contributed by atoms with Crippen LogP contribution in [0.1, 0.15) is 13.8 Å². The van der Waals surface area contributed by atoms with Crippen molar-refractivity contribution in [1.82, 2.24) is 0 Å². The summed E-state index contributed by atoms with van der Waals surface area (Å²) in [6.07, 6.45) is 0. The van der Waals surface area contributed by atoms with Crippen LogP contribution in [-0.2, 0) is 0 Å². The van der Waals surface area contributed by atoms with Crippen LogP contribution in [0.4, 0.5) is 8.78 Å². The smallest absolute Gasteiger partial charge is 0.159 e. The highest BCUT2D eigenvalue weighted by atomic mass is 32.2. The summed E-state index contributed by atoms with van der Waals surface area (Å²) in [5, 5.41) is 0. The van der Waals surface area contributed by atoms with E-state index in [1.165, 1.54) is 12.1 Å². The molecule has 0 aliphatic carbocycles. The zero-order valence-electron chi connectivity index (χ0n) is 9.41. The Morgan fingerprint density at radius 1 is 1.25 bits per heavy atom. The van der Waals surface area contributed by atoms with Crippen molar-refractivity contribution in [2.75, 3.05) is 11.5 Å². The molecule has 0 nitrogen and oxygen atoms in total. The van der Waals surface area contributed by atoms with E-state index in [1.54, 1.807) is 17.8 Å². The molecule has 0 spiro atoms. The standard InChI is InChI=1S/C12H16F2S2/c1-8(2)9(6-15)7-16-10-3-4-11(13)12(14)5-10/h3-5,8-9,15H,6-7H2,1-2H3. The van der Waals surface area contributed by atoms with Gasteiger partial charge >= 0.3 is 0 Å². The second-order valence-electron chi connectivity index (χ2n) is 4.07. The van der Waals surface area contributed by atoms with E-state index < -0.39 is 11.6 Å². The van der Waals surface area contributed by atoms with Gasteiger partial charge in [-0.15, -0.1) is 11.8 Å². The normalized spacial score (nSPS) is 13.1. The molecule has 0 saturated carbocycles. The molecule has 1 rings (SSSR count).